The maximum Gasteiger partial charge on any atom is 0.261 e. The number of nitrogens with one attached hydrogen (secondary N) is 1. The van der Waals surface area contributed by atoms with Crippen molar-refractivity contribution in [2.45, 2.75) is 26.4 Å². The van der Waals surface area contributed by atoms with Gasteiger partial charge >= 0.3 is 0 Å². The summed E-state index contributed by atoms with van der Waals surface area (Å²) in [6, 6.07) is 5.43. The van der Waals surface area contributed by atoms with Crippen molar-refractivity contribution in [2.24, 2.45) is 0 Å². The van der Waals surface area contributed by atoms with E-state index in [-0.39, 0.29) is 5.91 Å². The number of morpholine rings is 1. The van der Waals surface area contributed by atoms with Crippen molar-refractivity contribution < 1.29 is 14.3 Å². The van der Waals surface area contributed by atoms with Gasteiger partial charge in [-0.15, -0.1) is 0 Å². The van der Waals surface area contributed by atoms with Gasteiger partial charge in [0.25, 0.3) is 5.91 Å². The molecule has 1 fully saturated rings. The SMILES string of the molecule is CC[C@@H](Oc1ccc(Cl)c(C)c1)C(=O)NCCN1CCOCC1. The van der Waals surface area contributed by atoms with Crippen molar-refractivity contribution in [1.82, 2.24) is 10.2 Å². The molecule has 1 aromatic carbocycles. The number of rotatable bonds is 7. The molecular formula is C17H25ClN2O3. The molecule has 1 aromatic rings. The first-order chi connectivity index (χ1) is 11.1. The van der Waals surface area contributed by atoms with Gasteiger partial charge in [-0.2, -0.15) is 0 Å². The van der Waals surface area contributed by atoms with Crippen LogP contribution in [0.1, 0.15) is 18.9 Å². The highest BCUT2D eigenvalue weighted by molar-refractivity contribution is 6.31. The largest absolute Gasteiger partial charge is 0.481 e. The molecule has 1 saturated heterocycles. The third kappa shape index (κ3) is 5.68. The van der Waals surface area contributed by atoms with E-state index in [9.17, 15) is 4.79 Å². The van der Waals surface area contributed by atoms with Crippen LogP contribution in [0.3, 0.4) is 0 Å². The minimum atomic E-state index is -0.486. The number of benzene rings is 1. The topological polar surface area (TPSA) is 50.8 Å². The molecule has 128 valence electrons. The maximum atomic E-state index is 12.3. The standard InChI is InChI=1S/C17H25ClN2O3/c1-3-16(23-14-4-5-15(18)13(2)12-14)17(21)19-6-7-20-8-10-22-11-9-20/h4-5,12,16H,3,6-11H2,1-2H3,(H,19,21)/t16-/m1/s1. The average molecular weight is 341 g/mol. The molecule has 1 heterocycles. The van der Waals surface area contributed by atoms with Crippen molar-refractivity contribution >= 4 is 17.5 Å². The number of amides is 1. The van der Waals surface area contributed by atoms with Crippen LogP contribution in [0.4, 0.5) is 0 Å². The molecule has 1 amide bonds. The predicted molar refractivity (Wildman–Crippen MR) is 91.2 cm³/mol. The first kappa shape index (κ1) is 18.0. The third-order valence-electron chi connectivity index (χ3n) is 3.90. The van der Waals surface area contributed by atoms with E-state index in [1.54, 1.807) is 12.1 Å². The molecule has 2 rings (SSSR count). The summed E-state index contributed by atoms with van der Waals surface area (Å²) < 4.78 is 11.1. The van der Waals surface area contributed by atoms with Crippen LogP contribution in [-0.4, -0.2) is 56.3 Å². The van der Waals surface area contributed by atoms with Gasteiger partial charge in [-0.05, 0) is 37.1 Å². The Kier molecular flexibility index (Phi) is 7.15. The molecule has 23 heavy (non-hydrogen) atoms. The summed E-state index contributed by atoms with van der Waals surface area (Å²) in [5.41, 5.74) is 0.937. The van der Waals surface area contributed by atoms with Crippen molar-refractivity contribution in [2.75, 3.05) is 39.4 Å². The lowest BCUT2D eigenvalue weighted by Crippen LogP contribution is -2.44. The molecule has 1 aliphatic rings. The minimum absolute atomic E-state index is 0.0756. The van der Waals surface area contributed by atoms with Crippen LogP contribution < -0.4 is 10.1 Å². The molecule has 0 spiro atoms. The van der Waals surface area contributed by atoms with Crippen molar-refractivity contribution in [3.8, 4) is 5.75 Å². The number of carbonyl (C=O) groups excluding carboxylic acids is 1. The molecule has 1 aliphatic heterocycles. The zero-order valence-corrected chi connectivity index (χ0v) is 14.6. The van der Waals surface area contributed by atoms with Gasteiger partial charge in [-0.1, -0.05) is 18.5 Å². The van der Waals surface area contributed by atoms with Crippen LogP contribution in [0.15, 0.2) is 18.2 Å². The molecule has 0 bridgehead atoms. The number of nitrogens with zero attached hydrogens (tertiary/aromatic N) is 1. The van der Waals surface area contributed by atoms with E-state index in [4.69, 9.17) is 21.1 Å². The van der Waals surface area contributed by atoms with Gasteiger partial charge in [0.05, 0.1) is 13.2 Å². The minimum Gasteiger partial charge on any atom is -0.481 e. The summed E-state index contributed by atoms with van der Waals surface area (Å²) in [6.45, 7) is 8.70. The molecule has 0 unspecified atom stereocenters. The molecule has 0 radical (unpaired) electrons. The fourth-order valence-corrected chi connectivity index (χ4v) is 2.57. The number of carbonyl (C=O) groups is 1. The van der Waals surface area contributed by atoms with E-state index < -0.39 is 6.10 Å². The van der Waals surface area contributed by atoms with Crippen molar-refractivity contribution in [1.29, 1.82) is 0 Å². The van der Waals surface area contributed by atoms with Crippen LogP contribution in [0.2, 0.25) is 5.02 Å². The summed E-state index contributed by atoms with van der Waals surface area (Å²) in [6.07, 6.45) is 0.130. The highest BCUT2D eigenvalue weighted by Gasteiger charge is 2.19. The smallest absolute Gasteiger partial charge is 0.261 e. The Bertz CT molecular complexity index is 519. The molecule has 0 aromatic heterocycles. The Morgan fingerprint density at radius 3 is 2.83 bits per heavy atom. The summed E-state index contributed by atoms with van der Waals surface area (Å²) in [5, 5.41) is 3.65. The summed E-state index contributed by atoms with van der Waals surface area (Å²) in [5.74, 6) is 0.593. The Labute approximate surface area is 142 Å². The fourth-order valence-electron chi connectivity index (χ4n) is 2.45. The van der Waals surface area contributed by atoms with Crippen LogP contribution in [0, 0.1) is 6.92 Å². The zero-order chi connectivity index (χ0) is 16.7. The van der Waals surface area contributed by atoms with Gasteiger partial charge in [-0.25, -0.2) is 0 Å². The molecular weight excluding hydrogens is 316 g/mol. The van der Waals surface area contributed by atoms with E-state index in [0.717, 1.165) is 38.4 Å². The Morgan fingerprint density at radius 2 is 2.17 bits per heavy atom. The number of hydrogen-bond donors (Lipinski definition) is 1. The van der Waals surface area contributed by atoms with Crippen LogP contribution >= 0.6 is 11.6 Å². The lowest BCUT2D eigenvalue weighted by Gasteiger charge is -2.26. The molecule has 1 N–H and O–H groups in total. The van der Waals surface area contributed by atoms with E-state index in [0.29, 0.717) is 23.7 Å². The van der Waals surface area contributed by atoms with Crippen molar-refractivity contribution in [3.63, 3.8) is 0 Å². The Morgan fingerprint density at radius 1 is 1.43 bits per heavy atom. The number of halogens is 1. The molecule has 0 aliphatic carbocycles. The first-order valence-corrected chi connectivity index (χ1v) is 8.48. The molecule has 0 saturated carbocycles. The lowest BCUT2D eigenvalue weighted by atomic mass is 10.2. The van der Waals surface area contributed by atoms with E-state index >= 15 is 0 Å². The van der Waals surface area contributed by atoms with E-state index in [1.807, 2.05) is 19.9 Å². The van der Waals surface area contributed by atoms with E-state index in [1.165, 1.54) is 0 Å². The third-order valence-corrected chi connectivity index (χ3v) is 4.33. The van der Waals surface area contributed by atoms with Gasteiger partial charge in [0.15, 0.2) is 6.10 Å². The average Bonchev–Trinajstić information content (AvgIpc) is 2.56. The van der Waals surface area contributed by atoms with Gasteiger partial charge < -0.3 is 14.8 Å². The highest BCUT2D eigenvalue weighted by Crippen LogP contribution is 2.22. The Hall–Kier alpha value is -1.30. The molecule has 1 atom stereocenters. The monoisotopic (exact) mass is 340 g/mol. The van der Waals surface area contributed by atoms with Gasteiger partial charge in [0.1, 0.15) is 5.75 Å². The summed E-state index contributed by atoms with van der Waals surface area (Å²) in [4.78, 5) is 14.6. The molecule has 5 nitrogen and oxygen atoms in total. The highest BCUT2D eigenvalue weighted by atomic mass is 35.5. The fraction of sp³-hybridized carbons (Fsp3) is 0.588. The van der Waals surface area contributed by atoms with Gasteiger partial charge in [0.2, 0.25) is 0 Å². The zero-order valence-electron chi connectivity index (χ0n) is 13.8. The van der Waals surface area contributed by atoms with Gasteiger partial charge in [0, 0.05) is 31.2 Å². The molecule has 6 heteroatoms. The van der Waals surface area contributed by atoms with Gasteiger partial charge in [-0.3, -0.25) is 9.69 Å². The normalized spacial score (nSPS) is 16.8. The predicted octanol–water partition coefficient (Wildman–Crippen LogP) is 2.25. The summed E-state index contributed by atoms with van der Waals surface area (Å²) >= 11 is 6.01. The number of ether oxygens (including phenoxy) is 2. The van der Waals surface area contributed by atoms with E-state index in [2.05, 4.69) is 10.2 Å². The van der Waals surface area contributed by atoms with Crippen molar-refractivity contribution in [3.05, 3.63) is 28.8 Å². The van der Waals surface area contributed by atoms with Crippen LogP contribution in [0.5, 0.6) is 5.75 Å². The second kappa shape index (κ2) is 9.11. The lowest BCUT2D eigenvalue weighted by molar-refractivity contribution is -0.128. The first-order valence-electron chi connectivity index (χ1n) is 8.10. The maximum absolute atomic E-state index is 12.3. The van der Waals surface area contributed by atoms with Crippen LogP contribution in [0.25, 0.3) is 0 Å². The number of hydrogen-bond acceptors (Lipinski definition) is 4. The summed E-state index contributed by atoms with van der Waals surface area (Å²) in [7, 11) is 0. The Balaban J connectivity index is 1.79. The quantitative estimate of drug-likeness (QED) is 0.827. The second-order valence-corrected chi connectivity index (χ2v) is 6.08. The second-order valence-electron chi connectivity index (χ2n) is 5.67. The van der Waals surface area contributed by atoms with Crippen LogP contribution in [-0.2, 0) is 9.53 Å². The number of aryl methyl sites for hydroxylation is 1.